The third kappa shape index (κ3) is 15.8. The average molecular weight is 380 g/mol. The Morgan fingerprint density at radius 3 is 2.04 bits per heavy atom. The van der Waals surface area contributed by atoms with Crippen molar-refractivity contribution in [3.63, 3.8) is 0 Å². The minimum absolute atomic E-state index is 0.00888. The van der Waals surface area contributed by atoms with Gasteiger partial charge in [-0.25, -0.2) is 4.79 Å². The molecule has 0 saturated carbocycles. The van der Waals surface area contributed by atoms with Gasteiger partial charge in [0.05, 0.1) is 39.0 Å². The maximum Gasteiger partial charge on any atom is 0.342 e. The maximum absolute atomic E-state index is 11.4. The van der Waals surface area contributed by atoms with Crippen molar-refractivity contribution in [2.75, 3.05) is 46.8 Å². The molecule has 0 amide bonds. The molecule has 0 aromatic heterocycles. The van der Waals surface area contributed by atoms with Crippen LogP contribution in [-0.4, -0.2) is 74.9 Å². The van der Waals surface area contributed by atoms with Gasteiger partial charge in [-0.2, -0.15) is 4.89 Å². The lowest BCUT2D eigenvalue weighted by Gasteiger charge is -2.10. The Labute approximate surface area is 152 Å². The second-order valence-corrected chi connectivity index (χ2v) is 5.35. The molecule has 0 saturated heterocycles. The summed E-state index contributed by atoms with van der Waals surface area (Å²) in [6.45, 7) is 2.12. The Morgan fingerprint density at radius 2 is 1.46 bits per heavy atom. The quantitative estimate of drug-likeness (QED) is 0.200. The average Bonchev–Trinajstić information content (AvgIpc) is 2.59. The molecule has 0 aromatic carbocycles. The van der Waals surface area contributed by atoms with Gasteiger partial charge in [-0.1, -0.05) is 0 Å². The van der Waals surface area contributed by atoms with E-state index in [0.29, 0.717) is 26.4 Å². The van der Waals surface area contributed by atoms with Gasteiger partial charge in [-0.05, 0) is 19.3 Å². The molecule has 0 aliphatic heterocycles. The van der Waals surface area contributed by atoms with E-state index in [1.54, 1.807) is 7.11 Å². The van der Waals surface area contributed by atoms with Crippen molar-refractivity contribution in [1.29, 1.82) is 0 Å². The van der Waals surface area contributed by atoms with E-state index in [0.717, 1.165) is 0 Å². The van der Waals surface area contributed by atoms with Crippen LogP contribution in [0.2, 0.25) is 0 Å². The summed E-state index contributed by atoms with van der Waals surface area (Å²) in [5.41, 5.74) is 0. The van der Waals surface area contributed by atoms with E-state index in [-0.39, 0.29) is 45.3 Å². The molecule has 0 bridgehead atoms. The summed E-state index contributed by atoms with van der Waals surface area (Å²) in [6, 6.07) is 0. The van der Waals surface area contributed by atoms with Crippen LogP contribution in [0.4, 0.5) is 0 Å². The van der Waals surface area contributed by atoms with Crippen LogP contribution in [0.15, 0.2) is 0 Å². The number of hydrogen-bond acceptors (Lipinski definition) is 8. The lowest BCUT2D eigenvalue weighted by molar-refractivity contribution is -0.276. The summed E-state index contributed by atoms with van der Waals surface area (Å²) in [4.78, 5) is 42.1. The summed E-state index contributed by atoms with van der Waals surface area (Å²) in [5, 5.41) is 17.6. The zero-order chi connectivity index (χ0) is 19.6. The third-order valence-corrected chi connectivity index (χ3v) is 3.26. The Kier molecular flexibility index (Phi) is 15.6. The first-order chi connectivity index (χ1) is 12.5. The molecular formula is C16H28O10. The second kappa shape index (κ2) is 16.7. The van der Waals surface area contributed by atoms with E-state index in [9.17, 15) is 14.4 Å². The van der Waals surface area contributed by atoms with Crippen molar-refractivity contribution in [2.24, 2.45) is 5.92 Å². The van der Waals surface area contributed by atoms with E-state index in [2.05, 4.69) is 4.89 Å². The normalized spacial score (nSPS) is 11.9. The highest BCUT2D eigenvalue weighted by atomic mass is 17.2. The van der Waals surface area contributed by atoms with Gasteiger partial charge in [0.25, 0.3) is 0 Å². The number of ether oxygens (including phenoxy) is 3. The molecule has 0 fully saturated rings. The van der Waals surface area contributed by atoms with Crippen LogP contribution in [0, 0.1) is 5.92 Å². The Balaban J connectivity index is 3.55. The highest BCUT2D eigenvalue weighted by Gasteiger charge is 2.19. The Morgan fingerprint density at radius 1 is 0.846 bits per heavy atom. The Hall–Kier alpha value is -1.75. The summed E-state index contributed by atoms with van der Waals surface area (Å²) < 4.78 is 15.2. The highest BCUT2D eigenvalue weighted by molar-refractivity contribution is 5.72. The first-order valence-corrected chi connectivity index (χ1v) is 8.38. The largest absolute Gasteiger partial charge is 0.481 e. The molecule has 2 N–H and O–H groups in total. The summed E-state index contributed by atoms with van der Waals surface area (Å²) >= 11 is 0. The molecule has 0 aromatic rings. The van der Waals surface area contributed by atoms with Crippen LogP contribution in [0.25, 0.3) is 0 Å². The topological polar surface area (TPSA) is 138 Å². The fraction of sp³-hybridized carbons (Fsp3) is 0.812. The fourth-order valence-corrected chi connectivity index (χ4v) is 1.89. The highest BCUT2D eigenvalue weighted by Crippen LogP contribution is 2.15. The molecule has 152 valence electrons. The molecule has 0 heterocycles. The molecule has 0 aliphatic carbocycles. The molecule has 1 unspecified atom stereocenters. The smallest absolute Gasteiger partial charge is 0.342 e. The molecule has 0 radical (unpaired) electrons. The number of carboxylic acid groups (broad SMARTS) is 2. The van der Waals surface area contributed by atoms with Crippen LogP contribution in [0.3, 0.4) is 0 Å². The van der Waals surface area contributed by atoms with Gasteiger partial charge >= 0.3 is 17.9 Å². The van der Waals surface area contributed by atoms with Gasteiger partial charge in [0.2, 0.25) is 0 Å². The van der Waals surface area contributed by atoms with Crippen molar-refractivity contribution in [3.05, 3.63) is 0 Å². The molecule has 10 heteroatoms. The number of hydrogen-bond donors (Lipinski definition) is 2. The number of carboxylic acids is 2. The van der Waals surface area contributed by atoms with Gasteiger partial charge in [0, 0.05) is 20.0 Å². The SMILES string of the molecule is COCCOCCOCCOOC(=O)CCCC(CCC(=O)O)C(=O)O. The number of rotatable bonds is 18. The van der Waals surface area contributed by atoms with E-state index < -0.39 is 23.8 Å². The van der Waals surface area contributed by atoms with Crippen LogP contribution in [-0.2, 0) is 38.4 Å². The number of carbonyl (C=O) groups excluding carboxylic acids is 1. The van der Waals surface area contributed by atoms with Crippen molar-refractivity contribution in [3.8, 4) is 0 Å². The van der Waals surface area contributed by atoms with E-state index >= 15 is 0 Å². The van der Waals surface area contributed by atoms with Crippen LogP contribution in [0.1, 0.15) is 32.1 Å². The number of methoxy groups -OCH3 is 1. The standard InChI is InChI=1S/C16H28O10/c1-22-7-8-23-9-10-24-11-12-25-26-15(19)4-2-3-13(16(20)21)5-6-14(17)18/h13H,2-12H2,1H3,(H,17,18)(H,20,21). The van der Waals surface area contributed by atoms with Gasteiger partial charge in [0.1, 0.15) is 6.61 Å². The van der Waals surface area contributed by atoms with Gasteiger partial charge in [-0.15, -0.1) is 0 Å². The zero-order valence-corrected chi connectivity index (χ0v) is 15.0. The van der Waals surface area contributed by atoms with Gasteiger partial charge in [0.15, 0.2) is 0 Å². The van der Waals surface area contributed by atoms with Gasteiger partial charge < -0.3 is 24.4 Å². The lowest BCUT2D eigenvalue weighted by atomic mass is 9.97. The summed E-state index contributed by atoms with van der Waals surface area (Å²) in [7, 11) is 1.59. The monoisotopic (exact) mass is 380 g/mol. The zero-order valence-electron chi connectivity index (χ0n) is 15.0. The molecule has 26 heavy (non-hydrogen) atoms. The van der Waals surface area contributed by atoms with E-state index in [1.165, 1.54) is 0 Å². The molecule has 0 spiro atoms. The van der Waals surface area contributed by atoms with E-state index in [1.807, 2.05) is 0 Å². The number of carbonyl (C=O) groups is 3. The van der Waals surface area contributed by atoms with Crippen molar-refractivity contribution < 1.29 is 48.6 Å². The minimum Gasteiger partial charge on any atom is -0.481 e. The summed E-state index contributed by atoms with van der Waals surface area (Å²) in [6.07, 6.45) is 0.272. The van der Waals surface area contributed by atoms with Crippen molar-refractivity contribution >= 4 is 17.9 Å². The Bertz CT molecular complexity index is 398. The van der Waals surface area contributed by atoms with Crippen LogP contribution < -0.4 is 0 Å². The first kappa shape index (κ1) is 24.2. The molecular weight excluding hydrogens is 352 g/mol. The van der Waals surface area contributed by atoms with Crippen molar-refractivity contribution in [1.82, 2.24) is 0 Å². The molecule has 1 atom stereocenters. The second-order valence-electron chi connectivity index (χ2n) is 5.35. The molecule has 0 aliphatic rings. The lowest BCUT2D eigenvalue weighted by Crippen LogP contribution is -2.16. The van der Waals surface area contributed by atoms with Crippen LogP contribution >= 0.6 is 0 Å². The van der Waals surface area contributed by atoms with Gasteiger partial charge in [-0.3, -0.25) is 14.5 Å². The fourth-order valence-electron chi connectivity index (χ4n) is 1.89. The maximum atomic E-state index is 11.4. The number of aliphatic carboxylic acids is 2. The van der Waals surface area contributed by atoms with Crippen LogP contribution in [0.5, 0.6) is 0 Å². The molecule has 10 nitrogen and oxygen atoms in total. The first-order valence-electron chi connectivity index (χ1n) is 8.38. The summed E-state index contributed by atoms with van der Waals surface area (Å²) in [5.74, 6) is -3.53. The predicted octanol–water partition coefficient (Wildman–Crippen LogP) is 0.877. The third-order valence-electron chi connectivity index (χ3n) is 3.26. The predicted molar refractivity (Wildman–Crippen MR) is 87.4 cm³/mol. The minimum atomic E-state index is -1.07. The molecule has 0 rings (SSSR count). The van der Waals surface area contributed by atoms with E-state index in [4.69, 9.17) is 29.3 Å². The van der Waals surface area contributed by atoms with Crippen molar-refractivity contribution in [2.45, 2.75) is 32.1 Å².